The predicted octanol–water partition coefficient (Wildman–Crippen LogP) is 5.20. The van der Waals surface area contributed by atoms with E-state index in [4.69, 9.17) is 0 Å². The van der Waals surface area contributed by atoms with Crippen molar-refractivity contribution in [1.82, 2.24) is 9.88 Å². The van der Waals surface area contributed by atoms with Crippen LogP contribution >= 0.6 is 11.3 Å². The number of hydrogen-bond acceptors (Lipinski definition) is 6. The van der Waals surface area contributed by atoms with E-state index >= 15 is 0 Å². The van der Waals surface area contributed by atoms with Gasteiger partial charge in [0.25, 0.3) is 5.91 Å². The van der Waals surface area contributed by atoms with Crippen LogP contribution in [0.25, 0.3) is 10.6 Å². The molecule has 0 fully saturated rings. The molecule has 0 radical (unpaired) electrons. The van der Waals surface area contributed by atoms with E-state index in [2.05, 4.69) is 4.98 Å². The molecule has 0 spiro atoms. The lowest BCUT2D eigenvalue weighted by Crippen LogP contribution is -2.32. The highest BCUT2D eigenvalue weighted by atomic mass is 32.1. The third-order valence-electron chi connectivity index (χ3n) is 5.51. The number of rotatable bonds is 7. The van der Waals surface area contributed by atoms with Gasteiger partial charge < -0.3 is 15.1 Å². The molecule has 164 valence electrons. The summed E-state index contributed by atoms with van der Waals surface area (Å²) in [7, 11) is 0. The third-order valence-corrected chi connectivity index (χ3v) is 6.72. The first kappa shape index (κ1) is 21.8. The van der Waals surface area contributed by atoms with E-state index in [1.807, 2.05) is 37.3 Å². The van der Waals surface area contributed by atoms with Gasteiger partial charge >= 0.3 is 0 Å². The van der Waals surface area contributed by atoms with E-state index in [0.29, 0.717) is 27.7 Å². The number of aryl methyl sites for hydroxylation is 1. The van der Waals surface area contributed by atoms with Crippen LogP contribution in [0.1, 0.15) is 46.7 Å². The number of aromatic nitrogens is 1. The van der Waals surface area contributed by atoms with Crippen LogP contribution in [0, 0.1) is 6.92 Å². The average molecular weight is 449 g/mol. The number of carbonyl (C=O) groups excluding carboxylic acids is 2. The molecule has 0 bridgehead atoms. The van der Waals surface area contributed by atoms with Crippen LogP contribution in [0.15, 0.2) is 65.9 Å². The maximum atomic E-state index is 13.7. The number of hydrogen-bond donors (Lipinski definition) is 2. The summed E-state index contributed by atoms with van der Waals surface area (Å²) in [5.74, 6) is -1.49. The Balaban J connectivity index is 1.78. The topological polar surface area (TPSA) is 90.7 Å². The van der Waals surface area contributed by atoms with E-state index in [1.165, 1.54) is 28.4 Å². The number of phenols is 1. The quantitative estimate of drug-likeness (QED) is 0.485. The number of amides is 1. The lowest BCUT2D eigenvalue weighted by molar-refractivity contribution is -0.129. The standard InChI is InChI=1S/C25H24N2O4S/c1-3-4-13-27-20(17-11-8-12-18(28)14-17)19(22(30)25(27)31)21(29)23-15(2)26-24(32-23)16-9-6-5-7-10-16/h5-12,14,20,28,30H,3-4,13H2,1-2H3. The van der Waals surface area contributed by atoms with Gasteiger partial charge in [-0.25, -0.2) is 4.98 Å². The molecule has 1 amide bonds. The molecule has 2 N–H and O–H groups in total. The molecule has 0 saturated carbocycles. The maximum Gasteiger partial charge on any atom is 0.290 e. The Morgan fingerprint density at radius 2 is 1.88 bits per heavy atom. The van der Waals surface area contributed by atoms with E-state index in [-0.39, 0.29) is 11.3 Å². The highest BCUT2D eigenvalue weighted by molar-refractivity contribution is 7.17. The molecule has 1 aliphatic rings. The molecule has 1 aromatic heterocycles. The molecule has 0 aliphatic carbocycles. The van der Waals surface area contributed by atoms with Crippen molar-refractivity contribution in [2.45, 2.75) is 32.7 Å². The fourth-order valence-electron chi connectivity index (χ4n) is 3.92. The molecule has 1 atom stereocenters. The Hall–Kier alpha value is -3.45. The predicted molar refractivity (Wildman–Crippen MR) is 124 cm³/mol. The van der Waals surface area contributed by atoms with Gasteiger partial charge in [-0.15, -0.1) is 11.3 Å². The van der Waals surface area contributed by atoms with Crippen molar-refractivity contribution in [3.63, 3.8) is 0 Å². The number of thiazole rings is 1. The Morgan fingerprint density at radius 3 is 2.56 bits per heavy atom. The summed E-state index contributed by atoms with van der Waals surface area (Å²) in [4.78, 5) is 33.0. The second kappa shape index (κ2) is 8.96. The summed E-state index contributed by atoms with van der Waals surface area (Å²) in [6.07, 6.45) is 1.59. The molecule has 32 heavy (non-hydrogen) atoms. The van der Waals surface area contributed by atoms with Crippen molar-refractivity contribution in [3.05, 3.63) is 82.1 Å². The summed E-state index contributed by atoms with van der Waals surface area (Å²) >= 11 is 1.25. The van der Waals surface area contributed by atoms with E-state index in [9.17, 15) is 19.8 Å². The number of ketones is 1. The second-order valence-corrected chi connectivity index (χ2v) is 8.74. The summed E-state index contributed by atoms with van der Waals surface area (Å²) < 4.78 is 0. The van der Waals surface area contributed by atoms with Gasteiger partial charge in [0.1, 0.15) is 10.8 Å². The number of carbonyl (C=O) groups is 2. The molecule has 1 aliphatic heterocycles. The van der Waals surface area contributed by atoms with Crippen molar-refractivity contribution in [1.29, 1.82) is 0 Å². The molecule has 3 aromatic rings. The monoisotopic (exact) mass is 448 g/mol. The summed E-state index contributed by atoms with van der Waals surface area (Å²) in [6, 6.07) is 15.3. The van der Waals surface area contributed by atoms with Gasteiger partial charge in [0.05, 0.1) is 22.2 Å². The Bertz CT molecular complexity index is 1200. The first-order chi connectivity index (χ1) is 15.4. The van der Waals surface area contributed by atoms with Crippen LogP contribution in [0.4, 0.5) is 0 Å². The van der Waals surface area contributed by atoms with Crippen molar-refractivity contribution < 1.29 is 19.8 Å². The molecule has 2 heterocycles. The fraction of sp³-hybridized carbons (Fsp3) is 0.240. The third kappa shape index (κ3) is 3.91. The lowest BCUT2D eigenvalue weighted by atomic mass is 9.95. The van der Waals surface area contributed by atoms with Crippen LogP contribution in [0.5, 0.6) is 5.75 Å². The summed E-state index contributed by atoms with van der Waals surface area (Å²) in [5.41, 5.74) is 2.05. The van der Waals surface area contributed by atoms with Crippen LogP contribution in [-0.4, -0.2) is 38.3 Å². The van der Waals surface area contributed by atoms with Crippen molar-refractivity contribution in [2.75, 3.05) is 6.54 Å². The van der Waals surface area contributed by atoms with Gasteiger partial charge in [-0.05, 0) is 31.0 Å². The number of phenolic OH excluding ortho intramolecular Hbond substituents is 1. The molecule has 0 saturated heterocycles. The first-order valence-electron chi connectivity index (χ1n) is 10.5. The van der Waals surface area contributed by atoms with Crippen molar-refractivity contribution >= 4 is 23.0 Å². The number of unbranched alkanes of at least 4 members (excludes halogenated alkanes) is 1. The Labute approximate surface area is 190 Å². The number of benzene rings is 2. The summed E-state index contributed by atoms with van der Waals surface area (Å²) in [6.45, 7) is 4.16. The smallest absolute Gasteiger partial charge is 0.290 e. The largest absolute Gasteiger partial charge is 0.508 e. The van der Waals surface area contributed by atoms with E-state index in [0.717, 1.165) is 18.4 Å². The molecular weight excluding hydrogens is 424 g/mol. The molecular formula is C25H24N2O4S. The van der Waals surface area contributed by atoms with Gasteiger partial charge in [-0.2, -0.15) is 0 Å². The van der Waals surface area contributed by atoms with Crippen LogP contribution in [-0.2, 0) is 4.79 Å². The number of aliphatic hydroxyl groups excluding tert-OH is 1. The number of aliphatic hydroxyl groups is 1. The zero-order chi connectivity index (χ0) is 22.8. The molecule has 4 rings (SSSR count). The normalized spacial score (nSPS) is 16.1. The number of aromatic hydroxyl groups is 1. The highest BCUT2D eigenvalue weighted by Gasteiger charge is 2.44. The molecule has 2 aromatic carbocycles. The van der Waals surface area contributed by atoms with Gasteiger partial charge in [0, 0.05) is 12.1 Å². The van der Waals surface area contributed by atoms with Gasteiger partial charge in [-0.3, -0.25) is 9.59 Å². The zero-order valence-corrected chi connectivity index (χ0v) is 18.7. The summed E-state index contributed by atoms with van der Waals surface area (Å²) in [5, 5.41) is 21.5. The number of Topliss-reactive ketones (excluding diaryl/α,β-unsaturated/α-hetero) is 1. The zero-order valence-electron chi connectivity index (χ0n) is 17.9. The van der Waals surface area contributed by atoms with Gasteiger partial charge in [0.15, 0.2) is 5.76 Å². The minimum Gasteiger partial charge on any atom is -0.508 e. The highest BCUT2D eigenvalue weighted by Crippen LogP contribution is 2.41. The van der Waals surface area contributed by atoms with Crippen LogP contribution in [0.2, 0.25) is 0 Å². The minimum absolute atomic E-state index is 0.0306. The molecule has 1 unspecified atom stereocenters. The van der Waals surface area contributed by atoms with Gasteiger partial charge in [-0.1, -0.05) is 55.8 Å². The first-order valence-corrected chi connectivity index (χ1v) is 11.3. The van der Waals surface area contributed by atoms with E-state index in [1.54, 1.807) is 19.1 Å². The Morgan fingerprint density at radius 1 is 1.12 bits per heavy atom. The molecule has 6 nitrogen and oxygen atoms in total. The minimum atomic E-state index is -0.768. The SMILES string of the molecule is CCCCN1C(=O)C(O)=C(C(=O)c2sc(-c3ccccc3)nc2C)C1c1cccc(O)c1. The number of nitrogens with zero attached hydrogens (tertiary/aromatic N) is 2. The maximum absolute atomic E-state index is 13.7. The Kier molecular flexibility index (Phi) is 6.10. The van der Waals surface area contributed by atoms with E-state index < -0.39 is 23.5 Å². The van der Waals surface area contributed by atoms with Crippen LogP contribution in [0.3, 0.4) is 0 Å². The average Bonchev–Trinajstić information content (AvgIpc) is 3.30. The van der Waals surface area contributed by atoms with Crippen molar-refractivity contribution in [3.8, 4) is 16.3 Å². The van der Waals surface area contributed by atoms with Crippen molar-refractivity contribution in [2.24, 2.45) is 0 Å². The van der Waals surface area contributed by atoms with Gasteiger partial charge in [0.2, 0.25) is 5.78 Å². The second-order valence-electron chi connectivity index (χ2n) is 7.74. The molecule has 7 heteroatoms. The lowest BCUT2D eigenvalue weighted by Gasteiger charge is -2.26. The van der Waals surface area contributed by atoms with Crippen LogP contribution < -0.4 is 0 Å². The fourth-order valence-corrected chi connectivity index (χ4v) is 4.95.